The van der Waals surface area contributed by atoms with Crippen LogP contribution in [-0.4, -0.2) is 33.2 Å². The number of anilines is 3. The van der Waals surface area contributed by atoms with E-state index in [1.807, 2.05) is 18.7 Å². The number of hydrogen-bond acceptors (Lipinski definition) is 9. The van der Waals surface area contributed by atoms with Gasteiger partial charge in [-0.25, -0.2) is 5.84 Å². The largest absolute Gasteiger partial charge is 0.364 e. The molecule has 0 saturated carbocycles. The molecule has 0 amide bonds. The van der Waals surface area contributed by atoms with Gasteiger partial charge in [-0.1, -0.05) is 5.16 Å². The highest BCUT2D eigenvalue weighted by molar-refractivity contribution is 5.43. The molecule has 2 heterocycles. The van der Waals surface area contributed by atoms with Crippen LogP contribution >= 0.6 is 0 Å². The summed E-state index contributed by atoms with van der Waals surface area (Å²) in [6.45, 7) is 6.12. The summed E-state index contributed by atoms with van der Waals surface area (Å²) < 4.78 is 4.76. The number of rotatable bonds is 7. The van der Waals surface area contributed by atoms with Gasteiger partial charge in [0.25, 0.3) is 0 Å². The molecule has 2 aromatic heterocycles. The molecule has 0 aliphatic rings. The number of aromatic nitrogens is 4. The fraction of sp³-hybridized carbons (Fsp3) is 0.455. The second kappa shape index (κ2) is 6.66. The maximum Gasteiger partial charge on any atom is 0.243 e. The molecule has 0 radical (unpaired) electrons. The lowest BCUT2D eigenvalue weighted by atomic mass is 10.4. The van der Waals surface area contributed by atoms with Crippen molar-refractivity contribution in [3.63, 3.8) is 0 Å². The highest BCUT2D eigenvalue weighted by Gasteiger charge is 2.10. The van der Waals surface area contributed by atoms with Crippen LogP contribution in [0.25, 0.3) is 0 Å². The molecule has 20 heavy (non-hydrogen) atoms. The third-order valence-corrected chi connectivity index (χ3v) is 2.72. The number of nitrogens with zero attached hydrogens (tertiary/aromatic N) is 5. The molecule has 108 valence electrons. The molecule has 9 nitrogen and oxygen atoms in total. The maximum atomic E-state index is 5.38. The van der Waals surface area contributed by atoms with Crippen LogP contribution in [0.3, 0.4) is 0 Å². The highest BCUT2D eigenvalue weighted by atomic mass is 16.5. The zero-order valence-electron chi connectivity index (χ0n) is 11.5. The van der Waals surface area contributed by atoms with Crippen LogP contribution in [0.4, 0.5) is 17.8 Å². The van der Waals surface area contributed by atoms with E-state index in [9.17, 15) is 0 Å². The van der Waals surface area contributed by atoms with Crippen molar-refractivity contribution < 1.29 is 4.52 Å². The Morgan fingerprint density at radius 2 is 1.95 bits per heavy atom. The lowest BCUT2D eigenvalue weighted by molar-refractivity contribution is 0.412. The van der Waals surface area contributed by atoms with Crippen LogP contribution in [0, 0.1) is 0 Å². The van der Waals surface area contributed by atoms with Crippen LogP contribution in [0.1, 0.15) is 19.5 Å². The third kappa shape index (κ3) is 3.32. The fourth-order valence-corrected chi connectivity index (χ4v) is 1.65. The Morgan fingerprint density at radius 1 is 1.20 bits per heavy atom. The Kier molecular flexibility index (Phi) is 4.66. The smallest absolute Gasteiger partial charge is 0.243 e. The molecule has 2 aromatic rings. The Labute approximate surface area is 116 Å². The number of hydrogen-bond donors (Lipinski definition) is 3. The fourth-order valence-electron chi connectivity index (χ4n) is 1.65. The van der Waals surface area contributed by atoms with E-state index in [0.717, 1.165) is 18.8 Å². The average Bonchev–Trinajstić information content (AvgIpc) is 2.99. The third-order valence-electron chi connectivity index (χ3n) is 2.72. The van der Waals surface area contributed by atoms with Gasteiger partial charge in [-0.05, 0) is 13.8 Å². The van der Waals surface area contributed by atoms with E-state index < -0.39 is 0 Å². The Hall–Kier alpha value is -2.42. The van der Waals surface area contributed by atoms with E-state index in [-0.39, 0.29) is 0 Å². The van der Waals surface area contributed by atoms with Gasteiger partial charge < -0.3 is 14.7 Å². The van der Waals surface area contributed by atoms with E-state index >= 15 is 0 Å². The molecule has 0 aliphatic heterocycles. The summed E-state index contributed by atoms with van der Waals surface area (Å²) in [6.07, 6.45) is 1.51. The van der Waals surface area contributed by atoms with Gasteiger partial charge in [0.2, 0.25) is 17.8 Å². The highest BCUT2D eigenvalue weighted by Crippen LogP contribution is 2.13. The van der Waals surface area contributed by atoms with Crippen LogP contribution < -0.4 is 21.5 Å². The average molecular weight is 278 g/mol. The first-order valence-corrected chi connectivity index (χ1v) is 6.37. The number of nitrogens with two attached hydrogens (primary N) is 1. The number of nitrogen functional groups attached to an aromatic ring is 1. The Balaban J connectivity index is 2.16. The summed E-state index contributed by atoms with van der Waals surface area (Å²) in [4.78, 5) is 14.7. The molecule has 0 saturated heterocycles. The molecule has 0 bridgehead atoms. The molecule has 0 fully saturated rings. The summed E-state index contributed by atoms with van der Waals surface area (Å²) in [6, 6.07) is 1.77. The van der Waals surface area contributed by atoms with Crippen molar-refractivity contribution in [3.8, 4) is 0 Å². The molecular weight excluding hydrogens is 260 g/mol. The lowest BCUT2D eigenvalue weighted by Crippen LogP contribution is -2.26. The molecule has 0 atom stereocenters. The molecule has 0 unspecified atom stereocenters. The first-order valence-electron chi connectivity index (χ1n) is 6.37. The molecule has 2 rings (SSSR count). The van der Waals surface area contributed by atoms with E-state index in [4.69, 9.17) is 10.4 Å². The molecule has 0 aliphatic carbocycles. The summed E-state index contributed by atoms with van der Waals surface area (Å²) in [5.74, 6) is 6.69. The minimum absolute atomic E-state index is 0.310. The van der Waals surface area contributed by atoms with Gasteiger partial charge in [0, 0.05) is 19.2 Å². The van der Waals surface area contributed by atoms with Crippen molar-refractivity contribution in [1.29, 1.82) is 0 Å². The zero-order chi connectivity index (χ0) is 14.4. The second-order valence-electron chi connectivity index (χ2n) is 3.94. The topological polar surface area (TPSA) is 118 Å². The Morgan fingerprint density at radius 3 is 2.55 bits per heavy atom. The normalized spacial score (nSPS) is 10.3. The lowest BCUT2D eigenvalue weighted by Gasteiger charge is -2.19. The van der Waals surface area contributed by atoms with Crippen molar-refractivity contribution in [1.82, 2.24) is 20.1 Å². The first kappa shape index (κ1) is 14.0. The van der Waals surface area contributed by atoms with Gasteiger partial charge in [0.15, 0.2) is 0 Å². The predicted octanol–water partition coefficient (Wildman–Crippen LogP) is 0.603. The SMILES string of the molecule is CCN(CC)c1nc(NN)nc(NCc2ccon2)n1. The van der Waals surface area contributed by atoms with Gasteiger partial charge in [0.1, 0.15) is 12.0 Å². The van der Waals surface area contributed by atoms with Crippen molar-refractivity contribution in [2.24, 2.45) is 5.84 Å². The van der Waals surface area contributed by atoms with Gasteiger partial charge >= 0.3 is 0 Å². The quantitative estimate of drug-likeness (QED) is 0.494. The van der Waals surface area contributed by atoms with E-state index in [1.54, 1.807) is 6.07 Å². The zero-order valence-corrected chi connectivity index (χ0v) is 11.5. The van der Waals surface area contributed by atoms with Crippen molar-refractivity contribution in [2.75, 3.05) is 28.7 Å². The van der Waals surface area contributed by atoms with Gasteiger partial charge in [-0.3, -0.25) is 5.43 Å². The van der Waals surface area contributed by atoms with Crippen LogP contribution in [0.15, 0.2) is 16.9 Å². The van der Waals surface area contributed by atoms with Crippen molar-refractivity contribution in [2.45, 2.75) is 20.4 Å². The van der Waals surface area contributed by atoms with Crippen LogP contribution in [0.5, 0.6) is 0 Å². The molecule has 0 spiro atoms. The number of hydrazine groups is 1. The summed E-state index contributed by atoms with van der Waals surface area (Å²) in [5, 5.41) is 6.86. The first-order chi connectivity index (χ1) is 9.76. The van der Waals surface area contributed by atoms with Crippen LogP contribution in [-0.2, 0) is 6.54 Å². The molecular formula is C11H18N8O. The van der Waals surface area contributed by atoms with E-state index in [1.165, 1.54) is 6.26 Å². The molecule has 9 heteroatoms. The standard InChI is InChI=1S/C11H18N8O/c1-3-19(4-2)11-15-9(14-10(16-11)17-12)13-7-8-5-6-20-18-8/h5-6H,3-4,7,12H2,1-2H3,(H2,13,14,15,16,17). The molecule has 4 N–H and O–H groups in total. The monoisotopic (exact) mass is 278 g/mol. The second-order valence-corrected chi connectivity index (χ2v) is 3.94. The minimum Gasteiger partial charge on any atom is -0.364 e. The van der Waals surface area contributed by atoms with Gasteiger partial charge in [-0.2, -0.15) is 15.0 Å². The van der Waals surface area contributed by atoms with Crippen molar-refractivity contribution >= 4 is 17.8 Å². The summed E-state index contributed by atoms with van der Waals surface area (Å²) >= 11 is 0. The van der Waals surface area contributed by atoms with E-state index in [0.29, 0.717) is 24.4 Å². The maximum absolute atomic E-state index is 5.38. The summed E-state index contributed by atoms with van der Waals surface area (Å²) in [7, 11) is 0. The summed E-state index contributed by atoms with van der Waals surface area (Å²) in [5.41, 5.74) is 3.20. The van der Waals surface area contributed by atoms with Crippen LogP contribution in [0.2, 0.25) is 0 Å². The molecule has 0 aromatic carbocycles. The number of nitrogens with one attached hydrogen (secondary N) is 2. The van der Waals surface area contributed by atoms with Crippen molar-refractivity contribution in [3.05, 3.63) is 18.0 Å². The minimum atomic E-state index is 0.310. The van der Waals surface area contributed by atoms with Gasteiger partial charge in [0.05, 0.1) is 6.54 Å². The van der Waals surface area contributed by atoms with E-state index in [2.05, 4.69) is 30.9 Å². The Bertz CT molecular complexity index is 525. The predicted molar refractivity (Wildman–Crippen MR) is 75.0 cm³/mol. The van der Waals surface area contributed by atoms with Gasteiger partial charge in [-0.15, -0.1) is 0 Å².